The maximum atomic E-state index is 5.59. The number of rotatable bonds is 6. The highest BCUT2D eigenvalue weighted by Crippen LogP contribution is 2.10. The zero-order valence-electron chi connectivity index (χ0n) is 11.5. The second-order valence-corrected chi connectivity index (χ2v) is 5.28. The zero-order valence-corrected chi connectivity index (χ0v) is 12.4. The molecule has 3 N–H and O–H groups in total. The smallest absolute Gasteiger partial charge is 0.126 e. The molecule has 0 aliphatic heterocycles. The van der Waals surface area contributed by atoms with Crippen LogP contribution in [-0.2, 0) is 6.42 Å². The molecule has 1 aromatic carbocycles. The summed E-state index contributed by atoms with van der Waals surface area (Å²) in [4.78, 5) is 4.71. The first-order chi connectivity index (χ1) is 9.65. The van der Waals surface area contributed by atoms with Crippen molar-refractivity contribution in [2.45, 2.75) is 25.8 Å². The predicted octanol–water partition coefficient (Wildman–Crippen LogP) is 3.15. The molecule has 1 unspecified atom stereocenters. The van der Waals surface area contributed by atoms with Crippen LogP contribution in [0.2, 0.25) is 0 Å². The van der Waals surface area contributed by atoms with Crippen LogP contribution in [0.15, 0.2) is 48.5 Å². The molecule has 0 aliphatic carbocycles. The Morgan fingerprint density at radius 3 is 2.65 bits per heavy atom. The van der Waals surface area contributed by atoms with Gasteiger partial charge in [0.05, 0.1) is 5.69 Å². The van der Waals surface area contributed by atoms with Gasteiger partial charge in [0.1, 0.15) is 10.8 Å². The predicted molar refractivity (Wildman–Crippen MR) is 88.0 cm³/mol. The first kappa shape index (κ1) is 14.5. The topological polar surface area (TPSA) is 50.9 Å². The largest absolute Gasteiger partial charge is 0.388 e. The molecular formula is C16H19N3S. The molecule has 0 fully saturated rings. The van der Waals surface area contributed by atoms with Gasteiger partial charge in [-0.2, -0.15) is 0 Å². The Kier molecular flexibility index (Phi) is 5.07. The molecule has 0 radical (unpaired) electrons. The third-order valence-corrected chi connectivity index (χ3v) is 3.31. The average molecular weight is 285 g/mol. The Balaban J connectivity index is 1.89. The van der Waals surface area contributed by atoms with Crippen molar-refractivity contribution < 1.29 is 0 Å². The summed E-state index contributed by atoms with van der Waals surface area (Å²) in [6.07, 6.45) is 2.09. The van der Waals surface area contributed by atoms with Crippen LogP contribution >= 0.6 is 12.2 Å². The van der Waals surface area contributed by atoms with Gasteiger partial charge in [-0.1, -0.05) is 48.6 Å². The van der Waals surface area contributed by atoms with Crippen LogP contribution in [0.5, 0.6) is 0 Å². The van der Waals surface area contributed by atoms with Gasteiger partial charge < -0.3 is 11.1 Å². The number of aryl methyl sites for hydroxylation is 1. The van der Waals surface area contributed by atoms with Gasteiger partial charge in [-0.15, -0.1) is 0 Å². The molecule has 1 heterocycles. The zero-order chi connectivity index (χ0) is 14.4. The summed E-state index contributed by atoms with van der Waals surface area (Å²) < 4.78 is 0. The fourth-order valence-electron chi connectivity index (χ4n) is 2.00. The van der Waals surface area contributed by atoms with E-state index in [4.69, 9.17) is 18.0 Å². The van der Waals surface area contributed by atoms with Crippen molar-refractivity contribution in [2.24, 2.45) is 5.73 Å². The van der Waals surface area contributed by atoms with E-state index in [-0.39, 0.29) is 0 Å². The molecule has 0 spiro atoms. The van der Waals surface area contributed by atoms with Crippen LogP contribution in [0.4, 0.5) is 5.82 Å². The summed E-state index contributed by atoms with van der Waals surface area (Å²) in [6.45, 7) is 2.15. The number of benzene rings is 1. The van der Waals surface area contributed by atoms with Crippen LogP contribution in [-0.4, -0.2) is 16.0 Å². The Morgan fingerprint density at radius 1 is 1.20 bits per heavy atom. The maximum absolute atomic E-state index is 5.59. The molecule has 4 heteroatoms. The summed E-state index contributed by atoms with van der Waals surface area (Å²) >= 11 is 4.94. The molecule has 1 aromatic heterocycles. The van der Waals surface area contributed by atoms with Crippen LogP contribution in [0.3, 0.4) is 0 Å². The van der Waals surface area contributed by atoms with Gasteiger partial charge in [0, 0.05) is 6.04 Å². The number of nitrogens with two attached hydrogens (primary N) is 1. The van der Waals surface area contributed by atoms with Crippen LogP contribution < -0.4 is 11.1 Å². The van der Waals surface area contributed by atoms with E-state index in [1.54, 1.807) is 0 Å². The van der Waals surface area contributed by atoms with Crippen molar-refractivity contribution in [3.05, 3.63) is 59.8 Å². The monoisotopic (exact) mass is 285 g/mol. The van der Waals surface area contributed by atoms with Gasteiger partial charge >= 0.3 is 0 Å². The second-order valence-electron chi connectivity index (χ2n) is 4.84. The Labute approximate surface area is 125 Å². The highest BCUT2D eigenvalue weighted by Gasteiger charge is 2.05. The fraction of sp³-hybridized carbons (Fsp3) is 0.250. The highest BCUT2D eigenvalue weighted by atomic mass is 32.1. The number of anilines is 1. The Bertz CT molecular complexity index is 569. The van der Waals surface area contributed by atoms with Crippen LogP contribution in [0, 0.1) is 0 Å². The molecule has 3 nitrogen and oxygen atoms in total. The van der Waals surface area contributed by atoms with Crippen molar-refractivity contribution in [2.75, 3.05) is 5.32 Å². The molecule has 20 heavy (non-hydrogen) atoms. The van der Waals surface area contributed by atoms with E-state index in [9.17, 15) is 0 Å². The second kappa shape index (κ2) is 7.01. The lowest BCUT2D eigenvalue weighted by molar-refractivity contribution is 0.703. The van der Waals surface area contributed by atoms with Crippen molar-refractivity contribution >= 4 is 23.0 Å². The van der Waals surface area contributed by atoms with E-state index >= 15 is 0 Å². The summed E-state index contributed by atoms with van der Waals surface area (Å²) in [5, 5.41) is 3.38. The molecule has 0 bridgehead atoms. The minimum Gasteiger partial charge on any atom is -0.388 e. The lowest BCUT2D eigenvalue weighted by Crippen LogP contribution is -2.18. The van der Waals surface area contributed by atoms with Crippen LogP contribution in [0.25, 0.3) is 0 Å². The molecule has 0 amide bonds. The van der Waals surface area contributed by atoms with E-state index in [1.807, 2.05) is 24.3 Å². The van der Waals surface area contributed by atoms with E-state index in [0.717, 1.165) is 18.7 Å². The third-order valence-electron chi connectivity index (χ3n) is 3.10. The van der Waals surface area contributed by atoms with Gasteiger partial charge in [-0.25, -0.2) is 4.98 Å². The SMILES string of the molecule is CC(CCc1ccccc1)Nc1cccc(C(N)=S)n1. The van der Waals surface area contributed by atoms with Crippen molar-refractivity contribution in [3.8, 4) is 0 Å². The summed E-state index contributed by atoms with van der Waals surface area (Å²) in [5.41, 5.74) is 7.60. The van der Waals surface area contributed by atoms with E-state index in [2.05, 4.69) is 41.5 Å². The molecule has 1 atom stereocenters. The maximum Gasteiger partial charge on any atom is 0.126 e. The summed E-state index contributed by atoms with van der Waals surface area (Å²) in [5.74, 6) is 0.816. The third kappa shape index (κ3) is 4.31. The average Bonchev–Trinajstić information content (AvgIpc) is 2.46. The number of nitrogens with zero attached hydrogens (tertiary/aromatic N) is 1. The molecule has 0 aliphatic rings. The Morgan fingerprint density at radius 2 is 1.95 bits per heavy atom. The fourth-order valence-corrected chi connectivity index (χ4v) is 2.12. The van der Waals surface area contributed by atoms with Gasteiger partial charge in [0.2, 0.25) is 0 Å². The standard InChI is InChI=1S/C16H19N3S/c1-12(10-11-13-6-3-2-4-7-13)18-15-9-5-8-14(19-15)16(17)20/h2-9,12H,10-11H2,1H3,(H2,17,20)(H,18,19). The van der Waals surface area contributed by atoms with Crippen molar-refractivity contribution in [3.63, 3.8) is 0 Å². The normalized spacial score (nSPS) is 11.8. The quantitative estimate of drug-likeness (QED) is 0.801. The van der Waals surface area contributed by atoms with Crippen molar-refractivity contribution in [1.29, 1.82) is 0 Å². The summed E-state index contributed by atoms with van der Waals surface area (Å²) in [7, 11) is 0. The summed E-state index contributed by atoms with van der Waals surface area (Å²) in [6, 6.07) is 16.5. The Hall–Kier alpha value is -1.94. The van der Waals surface area contributed by atoms with Crippen molar-refractivity contribution in [1.82, 2.24) is 4.98 Å². The minimum atomic E-state index is 0.325. The number of nitrogens with one attached hydrogen (secondary N) is 1. The van der Waals surface area contributed by atoms with Gasteiger partial charge in [-0.05, 0) is 37.5 Å². The lowest BCUT2D eigenvalue weighted by Gasteiger charge is -2.15. The number of pyridine rings is 1. The lowest BCUT2D eigenvalue weighted by atomic mass is 10.1. The first-order valence-corrected chi connectivity index (χ1v) is 7.13. The highest BCUT2D eigenvalue weighted by molar-refractivity contribution is 7.80. The molecular weight excluding hydrogens is 266 g/mol. The molecule has 104 valence electrons. The number of hydrogen-bond donors (Lipinski definition) is 2. The van der Waals surface area contributed by atoms with E-state index in [0.29, 0.717) is 16.7 Å². The number of thiocarbonyl (C=S) groups is 1. The first-order valence-electron chi connectivity index (χ1n) is 6.72. The van der Waals surface area contributed by atoms with E-state index in [1.165, 1.54) is 5.56 Å². The number of hydrogen-bond acceptors (Lipinski definition) is 3. The molecule has 2 rings (SSSR count). The van der Waals surface area contributed by atoms with E-state index < -0.39 is 0 Å². The minimum absolute atomic E-state index is 0.325. The number of aromatic nitrogens is 1. The van der Waals surface area contributed by atoms with Gasteiger partial charge in [-0.3, -0.25) is 0 Å². The van der Waals surface area contributed by atoms with Crippen LogP contribution in [0.1, 0.15) is 24.6 Å². The molecule has 0 saturated heterocycles. The molecule has 0 saturated carbocycles. The molecule has 2 aromatic rings. The van der Waals surface area contributed by atoms with Gasteiger partial charge in [0.25, 0.3) is 0 Å². The van der Waals surface area contributed by atoms with Gasteiger partial charge in [0.15, 0.2) is 0 Å².